The molecule has 5 nitrogen and oxygen atoms in total. The van der Waals surface area contributed by atoms with Crippen molar-refractivity contribution in [2.45, 2.75) is 19.8 Å². The number of carbonyl (C=O) groups is 2. The molecule has 0 fully saturated rings. The Morgan fingerprint density at radius 1 is 0.875 bits per heavy atom. The number of esters is 1. The van der Waals surface area contributed by atoms with E-state index in [1.54, 1.807) is 42.5 Å². The molecule has 0 unspecified atom stereocenters. The maximum absolute atomic E-state index is 12.5. The van der Waals surface area contributed by atoms with Crippen LogP contribution in [-0.2, 0) is 11.3 Å². The van der Waals surface area contributed by atoms with Crippen molar-refractivity contribution in [2.24, 2.45) is 11.1 Å². The number of rotatable bonds is 4. The number of benzene rings is 3. The molecule has 3 aromatic rings. The van der Waals surface area contributed by atoms with Gasteiger partial charge in [-0.2, -0.15) is 0 Å². The number of halogens is 2. The number of hydrogen-bond acceptors (Lipinski definition) is 5. The summed E-state index contributed by atoms with van der Waals surface area (Å²) in [7, 11) is 0. The molecule has 0 saturated heterocycles. The van der Waals surface area contributed by atoms with Crippen LogP contribution in [0.3, 0.4) is 0 Å². The average molecular weight is 557 g/mol. The van der Waals surface area contributed by atoms with E-state index in [-0.39, 0.29) is 0 Å². The minimum absolute atomic E-state index is 0.307. The lowest BCUT2D eigenvalue weighted by Crippen LogP contribution is -2.20. The van der Waals surface area contributed by atoms with E-state index in [2.05, 4.69) is 43.9 Å². The molecule has 0 heterocycles. The quantitative estimate of drug-likeness (QED) is 0.158. The minimum Gasteiger partial charge on any atom is -0.423 e. The SMILES string of the molecule is C[C@H]1C/C(=N/OC(=O)c2cccc(Br)c2)c2ccc(OC(=O)c3cccc(Br)c3)cc2C1. The van der Waals surface area contributed by atoms with Gasteiger partial charge in [0.05, 0.1) is 16.8 Å². The molecule has 162 valence electrons. The summed E-state index contributed by atoms with van der Waals surface area (Å²) in [6.07, 6.45) is 1.51. The first-order valence-corrected chi connectivity index (χ1v) is 11.6. The molecule has 0 bridgehead atoms. The van der Waals surface area contributed by atoms with Gasteiger partial charge in [0.15, 0.2) is 0 Å². The van der Waals surface area contributed by atoms with Crippen molar-refractivity contribution in [3.05, 3.63) is 97.9 Å². The standard InChI is InChI=1S/C25H19Br2NO4/c1-15-10-18-14-21(31-24(29)16-4-2-6-19(26)12-16)8-9-22(18)23(11-15)28-32-25(30)17-5-3-7-20(27)13-17/h2-9,12-15H,10-11H2,1H3/b28-23-/t15-/m1/s1. The van der Waals surface area contributed by atoms with Gasteiger partial charge in [-0.15, -0.1) is 0 Å². The van der Waals surface area contributed by atoms with E-state index >= 15 is 0 Å². The van der Waals surface area contributed by atoms with Crippen LogP contribution in [-0.4, -0.2) is 17.7 Å². The Balaban J connectivity index is 1.53. The molecule has 3 aromatic carbocycles. The summed E-state index contributed by atoms with van der Waals surface area (Å²) in [5.41, 5.74) is 3.48. The van der Waals surface area contributed by atoms with E-state index in [1.807, 2.05) is 24.3 Å². The van der Waals surface area contributed by atoms with Crippen molar-refractivity contribution in [3.8, 4) is 5.75 Å². The molecule has 0 amide bonds. The zero-order valence-electron chi connectivity index (χ0n) is 17.2. The molecule has 0 saturated carbocycles. The Morgan fingerprint density at radius 2 is 1.53 bits per heavy atom. The monoisotopic (exact) mass is 555 g/mol. The van der Waals surface area contributed by atoms with E-state index in [0.717, 1.165) is 26.5 Å². The molecule has 0 radical (unpaired) electrons. The van der Waals surface area contributed by atoms with Gasteiger partial charge in [-0.1, -0.05) is 56.1 Å². The minimum atomic E-state index is -0.516. The van der Waals surface area contributed by atoms with Gasteiger partial charge in [-0.3, -0.25) is 0 Å². The second-order valence-electron chi connectivity index (χ2n) is 7.66. The second kappa shape index (κ2) is 9.79. The molecular weight excluding hydrogens is 538 g/mol. The molecule has 0 N–H and O–H groups in total. The number of hydrogen-bond donors (Lipinski definition) is 0. The van der Waals surface area contributed by atoms with Crippen molar-refractivity contribution in [2.75, 3.05) is 0 Å². The molecule has 1 aliphatic carbocycles. The highest BCUT2D eigenvalue weighted by Gasteiger charge is 2.23. The predicted octanol–water partition coefficient (Wildman–Crippen LogP) is 6.57. The Kier molecular flexibility index (Phi) is 6.86. The van der Waals surface area contributed by atoms with Crippen molar-refractivity contribution >= 4 is 49.5 Å². The Labute approximate surface area is 202 Å². The van der Waals surface area contributed by atoms with Gasteiger partial charge in [-0.25, -0.2) is 9.59 Å². The van der Waals surface area contributed by atoms with Crippen molar-refractivity contribution in [1.82, 2.24) is 0 Å². The van der Waals surface area contributed by atoms with Gasteiger partial charge in [0, 0.05) is 14.5 Å². The predicted molar refractivity (Wildman–Crippen MR) is 129 cm³/mol. The van der Waals surface area contributed by atoms with Gasteiger partial charge in [0.2, 0.25) is 0 Å². The van der Waals surface area contributed by atoms with E-state index < -0.39 is 11.9 Å². The number of fused-ring (bicyclic) bond motifs is 1. The largest absolute Gasteiger partial charge is 0.423 e. The number of nitrogens with zero attached hydrogens (tertiary/aromatic N) is 1. The lowest BCUT2D eigenvalue weighted by molar-refractivity contribution is 0.0514. The van der Waals surface area contributed by atoms with Crippen LogP contribution in [0.15, 0.2) is 80.8 Å². The summed E-state index contributed by atoms with van der Waals surface area (Å²) in [5.74, 6) is -0.166. The second-order valence-corrected chi connectivity index (χ2v) is 9.49. The van der Waals surface area contributed by atoms with Crippen LogP contribution in [0, 0.1) is 5.92 Å². The van der Waals surface area contributed by atoms with Gasteiger partial charge in [0.1, 0.15) is 5.75 Å². The molecule has 0 aliphatic heterocycles. The van der Waals surface area contributed by atoms with Crippen LogP contribution in [0.2, 0.25) is 0 Å². The van der Waals surface area contributed by atoms with Gasteiger partial charge < -0.3 is 9.57 Å². The summed E-state index contributed by atoms with van der Waals surface area (Å²) >= 11 is 6.71. The normalized spacial score (nSPS) is 16.3. The van der Waals surface area contributed by atoms with Gasteiger partial charge >= 0.3 is 11.9 Å². The van der Waals surface area contributed by atoms with Crippen LogP contribution in [0.5, 0.6) is 5.75 Å². The van der Waals surface area contributed by atoms with Gasteiger partial charge in [-0.05, 0) is 78.9 Å². The first kappa shape index (κ1) is 22.4. The first-order valence-electron chi connectivity index (χ1n) is 10.0. The lowest BCUT2D eigenvalue weighted by Gasteiger charge is -2.23. The fourth-order valence-corrected chi connectivity index (χ4v) is 4.40. The Hall–Kier alpha value is -2.77. The van der Waals surface area contributed by atoms with E-state index in [4.69, 9.17) is 9.57 Å². The summed E-state index contributed by atoms with van der Waals surface area (Å²) in [5, 5.41) is 4.17. The smallest absolute Gasteiger partial charge is 0.365 e. The number of carbonyl (C=O) groups excluding carboxylic acids is 2. The van der Waals surface area contributed by atoms with Crippen LogP contribution >= 0.6 is 31.9 Å². The third-order valence-corrected chi connectivity index (χ3v) is 6.05. The molecule has 7 heteroatoms. The number of ether oxygens (including phenoxy) is 1. The van der Waals surface area contributed by atoms with Crippen LogP contribution < -0.4 is 4.74 Å². The molecule has 1 atom stereocenters. The van der Waals surface area contributed by atoms with Crippen molar-refractivity contribution in [1.29, 1.82) is 0 Å². The van der Waals surface area contributed by atoms with E-state index in [1.165, 1.54) is 0 Å². The van der Waals surface area contributed by atoms with Crippen LogP contribution in [0.1, 0.15) is 45.2 Å². The summed E-state index contributed by atoms with van der Waals surface area (Å²) in [4.78, 5) is 30.1. The molecule has 1 aliphatic rings. The highest BCUT2D eigenvalue weighted by Crippen LogP contribution is 2.30. The van der Waals surface area contributed by atoms with Crippen molar-refractivity contribution in [3.63, 3.8) is 0 Å². The lowest BCUT2D eigenvalue weighted by atomic mass is 9.83. The summed E-state index contributed by atoms with van der Waals surface area (Å²) in [6, 6.07) is 19.5. The summed E-state index contributed by atoms with van der Waals surface area (Å²) < 4.78 is 7.17. The highest BCUT2D eigenvalue weighted by molar-refractivity contribution is 9.10. The van der Waals surface area contributed by atoms with E-state index in [0.29, 0.717) is 34.9 Å². The maximum Gasteiger partial charge on any atom is 0.365 e. The molecule has 0 spiro atoms. The number of oxime groups is 1. The Morgan fingerprint density at radius 3 is 2.19 bits per heavy atom. The highest BCUT2D eigenvalue weighted by atomic mass is 79.9. The van der Waals surface area contributed by atoms with Crippen LogP contribution in [0.25, 0.3) is 0 Å². The van der Waals surface area contributed by atoms with Crippen LogP contribution in [0.4, 0.5) is 0 Å². The maximum atomic E-state index is 12.5. The molecule has 4 rings (SSSR count). The van der Waals surface area contributed by atoms with Crippen molar-refractivity contribution < 1.29 is 19.2 Å². The zero-order valence-corrected chi connectivity index (χ0v) is 20.4. The first-order chi connectivity index (χ1) is 15.4. The molecule has 32 heavy (non-hydrogen) atoms. The fourth-order valence-electron chi connectivity index (χ4n) is 3.60. The topological polar surface area (TPSA) is 65.0 Å². The molecular formula is C25H19Br2NO4. The van der Waals surface area contributed by atoms with E-state index in [9.17, 15) is 9.59 Å². The third kappa shape index (κ3) is 5.34. The third-order valence-electron chi connectivity index (χ3n) is 5.07. The fraction of sp³-hybridized carbons (Fsp3) is 0.160. The van der Waals surface area contributed by atoms with Gasteiger partial charge in [0.25, 0.3) is 0 Å². The summed E-state index contributed by atoms with van der Waals surface area (Å²) in [6.45, 7) is 2.11. The average Bonchev–Trinajstić information content (AvgIpc) is 2.77. The molecule has 0 aromatic heterocycles. The zero-order chi connectivity index (χ0) is 22.7. The Bertz CT molecular complexity index is 1220.